The molecule has 7 aliphatic carbocycles. The molecule has 1 heteroatoms. The van der Waals surface area contributed by atoms with Crippen molar-refractivity contribution in [1.82, 2.24) is 0 Å². The minimum atomic E-state index is -0.451. The van der Waals surface area contributed by atoms with Gasteiger partial charge in [0.05, 0.1) is 5.41 Å². The van der Waals surface area contributed by atoms with Crippen molar-refractivity contribution in [3.8, 4) is 134 Å². The van der Waals surface area contributed by atoms with Crippen LogP contribution in [-0.4, -0.2) is 0 Å². The topological polar surface area (TPSA) is 0 Å². The van der Waals surface area contributed by atoms with Crippen LogP contribution in [0, 0.1) is 0 Å². The second-order valence-corrected chi connectivity index (χ2v) is 41.1. The van der Waals surface area contributed by atoms with Gasteiger partial charge in [-0.15, -0.1) is 0 Å². The van der Waals surface area contributed by atoms with Crippen LogP contribution in [0.4, 0.5) is 0 Å². The summed E-state index contributed by atoms with van der Waals surface area (Å²) in [5.74, 6) is 0. The second-order valence-electron chi connectivity index (χ2n) is 40.7. The molecule has 2 atom stereocenters. The quantitative estimate of drug-likeness (QED) is 0.0450. The number of hydrogen-bond donors (Lipinski definition) is 0. The molecule has 22 rings (SSSR count). The summed E-state index contributed by atoms with van der Waals surface area (Å²) in [6.07, 6.45) is 33.7. The lowest BCUT2D eigenvalue weighted by Gasteiger charge is -2.34. The van der Waals surface area contributed by atoms with Gasteiger partial charge in [-0.25, -0.2) is 0 Å². The number of benzene rings is 15. The summed E-state index contributed by atoms with van der Waals surface area (Å²) >= 11 is 6.38. The van der Waals surface area contributed by atoms with Crippen molar-refractivity contribution in [2.75, 3.05) is 0 Å². The lowest BCUT2D eigenvalue weighted by Crippen LogP contribution is -2.28. The third-order valence-corrected chi connectivity index (χ3v) is 32.6. The van der Waals surface area contributed by atoms with Crippen molar-refractivity contribution in [2.45, 2.75) is 249 Å². The first-order valence-electron chi connectivity index (χ1n) is 50.2. The Morgan fingerprint density at radius 3 is 0.954 bits per heavy atom. The summed E-state index contributed by atoms with van der Waals surface area (Å²) in [4.78, 5) is 0. The molecule has 0 saturated heterocycles. The first-order valence-corrected chi connectivity index (χ1v) is 50.6. The molecule has 130 heavy (non-hydrogen) atoms. The van der Waals surface area contributed by atoms with E-state index in [0.29, 0.717) is 0 Å². The monoisotopic (exact) mass is 1710 g/mol. The smallest absolute Gasteiger partial charge is 0.0713 e. The zero-order valence-electron chi connectivity index (χ0n) is 78.0. The molecule has 650 valence electrons. The molecule has 0 spiro atoms. The Morgan fingerprint density at radius 1 is 0.223 bits per heavy atom. The van der Waals surface area contributed by atoms with Crippen molar-refractivity contribution in [2.24, 2.45) is 0 Å². The minimum absolute atomic E-state index is 0.0829. The summed E-state index contributed by atoms with van der Waals surface area (Å²) in [7, 11) is 0. The molecule has 0 saturated carbocycles. The van der Waals surface area contributed by atoms with Crippen LogP contribution in [0.25, 0.3) is 134 Å². The van der Waals surface area contributed by atoms with Gasteiger partial charge in [0.2, 0.25) is 0 Å². The van der Waals surface area contributed by atoms with E-state index in [1.807, 2.05) is 12.1 Å². The van der Waals surface area contributed by atoms with Gasteiger partial charge in [0.25, 0.3) is 0 Å². The van der Waals surface area contributed by atoms with Crippen LogP contribution in [0.2, 0.25) is 5.02 Å². The van der Waals surface area contributed by atoms with Gasteiger partial charge in [-0.2, -0.15) is 0 Å². The van der Waals surface area contributed by atoms with E-state index < -0.39 is 5.41 Å². The Kier molecular flexibility index (Phi) is 23.4. The Hall–Kier alpha value is -11.4. The molecule has 0 aliphatic heterocycles. The van der Waals surface area contributed by atoms with Crippen LogP contribution in [0.15, 0.2) is 315 Å². The Morgan fingerprint density at radius 2 is 0.531 bits per heavy atom. The zero-order valence-corrected chi connectivity index (χ0v) is 78.7. The Balaban J connectivity index is 0.575. The van der Waals surface area contributed by atoms with Gasteiger partial charge in [-0.1, -0.05) is 444 Å². The minimum Gasteiger partial charge on any atom is -0.0843 e. The highest BCUT2D eigenvalue weighted by atomic mass is 35.5. The van der Waals surface area contributed by atoms with Crippen LogP contribution in [0.5, 0.6) is 0 Å². The Labute approximate surface area is 781 Å². The fourth-order valence-corrected chi connectivity index (χ4v) is 25.4. The molecule has 0 nitrogen and oxygen atoms in total. The van der Waals surface area contributed by atoms with Crippen LogP contribution in [0.3, 0.4) is 0 Å². The van der Waals surface area contributed by atoms with E-state index in [1.165, 1.54) is 344 Å². The van der Waals surface area contributed by atoms with Gasteiger partial charge < -0.3 is 0 Å². The maximum Gasteiger partial charge on any atom is 0.0713 e. The third kappa shape index (κ3) is 15.0. The molecule has 0 radical (unpaired) electrons. The molecule has 0 N–H and O–H groups in total. The summed E-state index contributed by atoms with van der Waals surface area (Å²) in [6, 6.07) is 125. The first-order chi connectivity index (χ1) is 63.7. The molecule has 4 bridgehead atoms. The predicted octanol–water partition coefficient (Wildman–Crippen LogP) is 37.3. The fourth-order valence-electron chi connectivity index (χ4n) is 25.3. The van der Waals surface area contributed by atoms with Gasteiger partial charge in [0.15, 0.2) is 0 Å². The first kappa shape index (κ1) is 85.4. The van der Waals surface area contributed by atoms with Gasteiger partial charge in [0.1, 0.15) is 0 Å². The summed E-state index contributed by atoms with van der Waals surface area (Å²) in [6.45, 7) is 16.9. The van der Waals surface area contributed by atoms with E-state index in [1.54, 1.807) is 22.3 Å². The normalized spacial score (nSPS) is 17.0. The van der Waals surface area contributed by atoms with E-state index in [4.69, 9.17) is 11.6 Å². The molecule has 0 heterocycles. The van der Waals surface area contributed by atoms with Crippen molar-refractivity contribution >= 4 is 11.6 Å². The van der Waals surface area contributed by atoms with Gasteiger partial charge in [-0.05, 0) is 311 Å². The van der Waals surface area contributed by atoms with Crippen molar-refractivity contribution in [3.63, 3.8) is 0 Å². The number of halogens is 1. The second kappa shape index (κ2) is 35.7. The molecule has 15 aromatic rings. The number of hydrogen-bond acceptors (Lipinski definition) is 0. The van der Waals surface area contributed by atoms with Crippen LogP contribution < -0.4 is 0 Å². The van der Waals surface area contributed by atoms with Crippen molar-refractivity contribution in [3.05, 3.63) is 393 Å². The highest BCUT2D eigenvalue weighted by Gasteiger charge is 2.49. The van der Waals surface area contributed by atoms with Gasteiger partial charge >= 0.3 is 0 Å². The van der Waals surface area contributed by atoms with Crippen LogP contribution in [-0.2, 0) is 33.5 Å². The largest absolute Gasteiger partial charge is 0.0843 e. The number of rotatable bonds is 27. The highest BCUT2D eigenvalue weighted by molar-refractivity contribution is 6.30. The van der Waals surface area contributed by atoms with E-state index in [2.05, 4.69) is 352 Å². The summed E-state index contributed by atoms with van der Waals surface area (Å²) in [5.41, 5.74) is 49.7. The fraction of sp³-hybridized carbons (Fsp3) is 0.302. The average Bonchev–Trinajstić information content (AvgIpc) is 1.51. The number of fused-ring (bicyclic) bond motifs is 22. The van der Waals surface area contributed by atoms with E-state index in [0.717, 1.165) is 17.9 Å². The highest BCUT2D eigenvalue weighted by Crippen LogP contribution is 2.62. The molecule has 2 unspecified atom stereocenters. The Bertz CT molecular complexity index is 6680. The van der Waals surface area contributed by atoms with Crippen LogP contribution >= 0.6 is 11.6 Å². The zero-order chi connectivity index (χ0) is 88.3. The molecule has 15 aromatic carbocycles. The SMILES string of the molecule is CCCCCCCCC1(CCCCCCC)c2cc(-c3ccc(-c4ccc5c(c4)C(C)(C)c4cc(-c6ccc7c(c6)C6(CCCCCCCC)CCCCCCCc8cc9c(cc8-c8ccc(cc8)-c8ccc-7c6c8)C(c6ccccc6)(c6ccccc6)c6ccccc6-9)ccc4-5)cc3)ccc2-c2ccc(-c3ccc4c(c3)C(C)(C)c3cc(-c5ccc(Cl)cc5)ccc3-4)cc21. The van der Waals surface area contributed by atoms with Crippen molar-refractivity contribution in [1.29, 1.82) is 0 Å². The molecular weight excluding hydrogens is 1580 g/mol. The number of aryl methyl sites for hydroxylation is 1. The maximum absolute atomic E-state index is 6.38. The summed E-state index contributed by atoms with van der Waals surface area (Å²) in [5, 5.41) is 0.767. The van der Waals surface area contributed by atoms with E-state index in [-0.39, 0.29) is 21.7 Å². The molecular formula is C129H127Cl. The predicted molar refractivity (Wildman–Crippen MR) is 555 cm³/mol. The standard InChI is InChI=1S/C129H127Cl/c1-8-11-14-17-22-35-74-127(73-34-21-16-13-10-3)120-82-94(57-69-109(120)111-71-61-98(84-122(111)127)97-60-68-108-106-66-56-93(90-53-63-103(130)64-54-90)79-117(106)126(6,7)119(108)81-97)88-47-45-87(46-48-88)92-55-65-105-107-67-59-96(80-118(107)125(4,5)116(105)78-92)99-62-72-112-110-70-58-95-83-121(110)128(123(112)85-99,75-36-23-18-15-12-9-2)76-37-24-19-20-27-38-100-77-114-104-43-32-33-44-115(104)129(101-39-28-25-29-40-101,102-41-30-26-31-42-102)124(114)86-113(100)91-51-49-89(95)50-52-91/h25-26,28-33,39-72,77-86H,8-24,27,34-38,73-76H2,1-7H3. The van der Waals surface area contributed by atoms with Crippen molar-refractivity contribution < 1.29 is 0 Å². The molecule has 0 amide bonds. The van der Waals surface area contributed by atoms with Gasteiger partial charge in [0, 0.05) is 26.7 Å². The van der Waals surface area contributed by atoms with E-state index in [9.17, 15) is 0 Å². The number of unbranched alkanes of at least 4 members (excludes halogenated alkanes) is 14. The third-order valence-electron chi connectivity index (χ3n) is 32.4. The molecule has 0 aromatic heterocycles. The van der Waals surface area contributed by atoms with E-state index >= 15 is 0 Å². The summed E-state index contributed by atoms with van der Waals surface area (Å²) < 4.78 is 0. The van der Waals surface area contributed by atoms with Gasteiger partial charge in [-0.3, -0.25) is 0 Å². The lowest BCUT2D eigenvalue weighted by molar-refractivity contribution is 0.398. The van der Waals surface area contributed by atoms with Crippen LogP contribution in [0.1, 0.15) is 288 Å². The maximum atomic E-state index is 6.38. The molecule has 7 aliphatic rings. The average molecular weight is 1710 g/mol. The lowest BCUT2D eigenvalue weighted by atomic mass is 9.67. The molecule has 0 fully saturated rings.